The van der Waals surface area contributed by atoms with Crippen molar-refractivity contribution in [2.24, 2.45) is 11.8 Å². The second kappa shape index (κ2) is 2.57. The minimum atomic E-state index is 1.03. The Morgan fingerprint density at radius 3 is 2.50 bits per heavy atom. The molecule has 0 saturated heterocycles. The van der Waals surface area contributed by atoms with Gasteiger partial charge in [0.2, 0.25) is 0 Å². The summed E-state index contributed by atoms with van der Waals surface area (Å²) in [7, 11) is 2.29. The Bertz CT molecular complexity index is 62.0. The second-order valence-corrected chi connectivity index (χ2v) is 3.09. The van der Waals surface area contributed by atoms with E-state index in [0.717, 1.165) is 11.8 Å². The van der Waals surface area contributed by atoms with E-state index < -0.39 is 0 Å². The first kappa shape index (κ1) is 6.19. The fourth-order valence-corrected chi connectivity index (χ4v) is 1.59. The molecule has 0 bridgehead atoms. The predicted octanol–water partition coefficient (Wildman–Crippen LogP) is 2.20. The van der Waals surface area contributed by atoms with Crippen molar-refractivity contribution in [3.8, 4) is 0 Å². The summed E-state index contributed by atoms with van der Waals surface area (Å²) >= 11 is 0. The lowest BCUT2D eigenvalue weighted by molar-refractivity contribution is 0.233. The molecule has 0 aromatic heterocycles. The van der Waals surface area contributed by atoms with Gasteiger partial charge in [0.1, 0.15) is 7.28 Å². The van der Waals surface area contributed by atoms with Gasteiger partial charge in [-0.15, -0.1) is 0 Å². The van der Waals surface area contributed by atoms with Crippen LogP contribution in [-0.4, -0.2) is 7.28 Å². The van der Waals surface area contributed by atoms with Crippen LogP contribution in [0.4, 0.5) is 0 Å². The summed E-state index contributed by atoms with van der Waals surface area (Å²) in [6.45, 7) is 4.50. The summed E-state index contributed by atoms with van der Waals surface area (Å²) in [6, 6.07) is 0. The summed E-state index contributed by atoms with van der Waals surface area (Å²) in [5.41, 5.74) is 0. The van der Waals surface area contributed by atoms with Crippen molar-refractivity contribution in [2.75, 3.05) is 0 Å². The molecule has 0 heterocycles. The van der Waals surface area contributed by atoms with Crippen LogP contribution in [0.5, 0.6) is 0 Å². The molecule has 1 heteroatoms. The van der Waals surface area contributed by atoms with Gasteiger partial charge in [0.15, 0.2) is 0 Å². The average Bonchev–Trinajstić information content (AvgIpc) is 1.64. The summed E-state index contributed by atoms with van der Waals surface area (Å²) in [4.78, 5) is 0. The van der Waals surface area contributed by atoms with Gasteiger partial charge < -0.3 is 0 Å². The van der Waals surface area contributed by atoms with Crippen molar-refractivity contribution in [2.45, 2.75) is 32.9 Å². The highest BCUT2D eigenvalue weighted by Gasteiger charge is 2.23. The van der Waals surface area contributed by atoms with Crippen LogP contribution < -0.4 is 0 Å². The summed E-state index contributed by atoms with van der Waals surface area (Å²) in [5.74, 6) is 2.08. The zero-order valence-corrected chi connectivity index (χ0v) is 5.85. The maximum atomic E-state index is 2.34. The van der Waals surface area contributed by atoms with E-state index in [4.69, 9.17) is 0 Å². The largest absolute Gasteiger partial charge is 0.106 e. The molecule has 1 rings (SSSR count). The van der Waals surface area contributed by atoms with Crippen LogP contribution in [0.3, 0.4) is 0 Å². The molecule has 0 N–H and O–H groups in total. The third kappa shape index (κ3) is 1.27. The highest BCUT2D eigenvalue weighted by atomic mass is 14.3. The van der Waals surface area contributed by atoms with E-state index in [0.29, 0.717) is 0 Å². The molecule has 0 atom stereocenters. The molecule has 1 fully saturated rings. The van der Waals surface area contributed by atoms with Crippen molar-refractivity contribution in [1.82, 2.24) is 0 Å². The fraction of sp³-hybridized carbons (Fsp3) is 1.00. The van der Waals surface area contributed by atoms with E-state index >= 15 is 0 Å². The molecule has 1 saturated carbocycles. The molecule has 1 aliphatic carbocycles. The molecule has 45 valence electrons. The van der Waals surface area contributed by atoms with Crippen LogP contribution in [0.15, 0.2) is 0 Å². The van der Waals surface area contributed by atoms with Gasteiger partial charge in [0.25, 0.3) is 0 Å². The highest BCUT2D eigenvalue weighted by Crippen LogP contribution is 2.35. The Labute approximate surface area is 52.9 Å². The lowest BCUT2D eigenvalue weighted by Crippen LogP contribution is -2.21. The quantitative estimate of drug-likeness (QED) is 0.477. The molecule has 8 heavy (non-hydrogen) atoms. The second-order valence-electron chi connectivity index (χ2n) is 3.09. The first-order valence-electron chi connectivity index (χ1n) is 3.60. The van der Waals surface area contributed by atoms with Crippen LogP contribution in [0, 0.1) is 11.8 Å². The van der Waals surface area contributed by atoms with Gasteiger partial charge in [-0.3, -0.25) is 0 Å². The Morgan fingerprint density at radius 1 is 1.50 bits per heavy atom. The lowest BCUT2D eigenvalue weighted by Gasteiger charge is -2.32. The van der Waals surface area contributed by atoms with E-state index in [9.17, 15) is 0 Å². The minimum Gasteiger partial charge on any atom is -0.0920 e. The van der Waals surface area contributed by atoms with Gasteiger partial charge in [-0.1, -0.05) is 20.1 Å². The van der Waals surface area contributed by atoms with Crippen molar-refractivity contribution in [3.63, 3.8) is 0 Å². The number of rotatable bonds is 2. The first-order chi connectivity index (χ1) is 3.83. The fourth-order valence-electron chi connectivity index (χ4n) is 1.59. The van der Waals surface area contributed by atoms with E-state index in [-0.39, 0.29) is 0 Å². The Kier molecular flexibility index (Phi) is 1.98. The monoisotopic (exact) mass is 109 g/mol. The molecule has 0 aliphatic heterocycles. The van der Waals surface area contributed by atoms with Crippen molar-refractivity contribution in [3.05, 3.63) is 0 Å². The van der Waals surface area contributed by atoms with E-state index in [1.807, 2.05) is 0 Å². The number of hydrogen-bond acceptors (Lipinski definition) is 0. The van der Waals surface area contributed by atoms with E-state index in [2.05, 4.69) is 21.0 Å². The Morgan fingerprint density at radius 2 is 2.12 bits per heavy atom. The summed E-state index contributed by atoms with van der Waals surface area (Å²) in [6.07, 6.45) is 4.30. The molecule has 0 nitrogen and oxygen atoms in total. The number of hydrogen-bond donors (Lipinski definition) is 0. The van der Waals surface area contributed by atoms with Crippen LogP contribution >= 0.6 is 0 Å². The normalized spacial score (nSPS) is 36.2. The zero-order chi connectivity index (χ0) is 5.98. The first-order valence-corrected chi connectivity index (χ1v) is 3.60. The maximum absolute atomic E-state index is 2.34. The molecule has 0 aromatic rings. The van der Waals surface area contributed by atoms with Gasteiger partial charge in [0, 0.05) is 0 Å². The summed E-state index contributed by atoms with van der Waals surface area (Å²) in [5, 5.41) is 0. The molecule has 0 aromatic carbocycles. The van der Waals surface area contributed by atoms with Crippen molar-refractivity contribution in [1.29, 1.82) is 0 Å². The topological polar surface area (TPSA) is 0 Å². The molecule has 1 radical (unpaired) electrons. The van der Waals surface area contributed by atoms with Gasteiger partial charge in [-0.05, 0) is 24.7 Å². The molecule has 0 spiro atoms. The Hall–Kier alpha value is 0.0649. The van der Waals surface area contributed by atoms with Crippen LogP contribution in [0.25, 0.3) is 0 Å². The van der Waals surface area contributed by atoms with Crippen molar-refractivity contribution < 1.29 is 0 Å². The maximum Gasteiger partial charge on any atom is 0.106 e. The molecule has 1 aliphatic rings. The SMILES string of the molecule is C[B]CC1CC(C)C1. The van der Waals surface area contributed by atoms with Crippen molar-refractivity contribution >= 4 is 7.28 Å². The third-order valence-electron chi connectivity index (χ3n) is 2.04. The molecular formula is C7H14B. The smallest absolute Gasteiger partial charge is 0.0920 e. The molecular weight excluding hydrogens is 94.9 g/mol. The van der Waals surface area contributed by atoms with Crippen LogP contribution in [0.2, 0.25) is 13.1 Å². The third-order valence-corrected chi connectivity index (χ3v) is 2.04. The average molecular weight is 109 g/mol. The van der Waals surface area contributed by atoms with Gasteiger partial charge >= 0.3 is 0 Å². The van der Waals surface area contributed by atoms with E-state index in [1.54, 1.807) is 0 Å². The van der Waals surface area contributed by atoms with Gasteiger partial charge in [0.05, 0.1) is 0 Å². The van der Waals surface area contributed by atoms with Gasteiger partial charge in [-0.25, -0.2) is 0 Å². The minimum absolute atomic E-state index is 1.03. The van der Waals surface area contributed by atoms with Crippen LogP contribution in [-0.2, 0) is 0 Å². The van der Waals surface area contributed by atoms with E-state index in [1.165, 1.54) is 19.2 Å². The highest BCUT2D eigenvalue weighted by molar-refractivity contribution is 6.33. The van der Waals surface area contributed by atoms with Crippen LogP contribution in [0.1, 0.15) is 19.8 Å². The lowest BCUT2D eigenvalue weighted by atomic mass is 9.63. The summed E-state index contributed by atoms with van der Waals surface area (Å²) < 4.78 is 0. The Balaban J connectivity index is 1.98. The predicted molar refractivity (Wildman–Crippen MR) is 38.3 cm³/mol. The standard InChI is InChI=1S/C7H14B/c1-6-3-7(4-6)5-8-2/h6-7H,3-5H2,1-2H3. The molecule has 0 amide bonds. The van der Waals surface area contributed by atoms with Gasteiger partial charge in [-0.2, -0.15) is 0 Å². The molecule has 0 unspecified atom stereocenters. The zero-order valence-electron chi connectivity index (χ0n) is 5.85.